The monoisotopic (exact) mass is 575 g/mol. The quantitative estimate of drug-likeness (QED) is 0.280. The number of ether oxygens (including phenoxy) is 1. The van der Waals surface area contributed by atoms with E-state index in [4.69, 9.17) is 15.6 Å². The van der Waals surface area contributed by atoms with Crippen molar-refractivity contribution >= 4 is 27.8 Å². The molecule has 2 aromatic carbocycles. The fourth-order valence-corrected chi connectivity index (χ4v) is 6.67. The van der Waals surface area contributed by atoms with Crippen LogP contribution in [0.1, 0.15) is 42.9 Å². The van der Waals surface area contributed by atoms with Crippen LogP contribution >= 0.6 is 0 Å². The Morgan fingerprint density at radius 3 is 2.48 bits per heavy atom. The zero-order chi connectivity index (χ0) is 28.8. The molecular formula is C31H32F3N7O. The number of nitrogens with zero attached hydrogens (tertiary/aromatic N) is 6. The van der Waals surface area contributed by atoms with E-state index in [1.54, 1.807) is 6.07 Å². The average molecular weight is 576 g/mol. The summed E-state index contributed by atoms with van der Waals surface area (Å²) < 4.78 is 50.2. The predicted molar refractivity (Wildman–Crippen MR) is 155 cm³/mol. The van der Waals surface area contributed by atoms with E-state index in [1.165, 1.54) is 18.5 Å². The van der Waals surface area contributed by atoms with Crippen molar-refractivity contribution in [2.75, 3.05) is 32.0 Å². The van der Waals surface area contributed by atoms with Gasteiger partial charge in [0.25, 0.3) is 0 Å². The smallest absolute Gasteiger partial charge is 0.383 e. The first kappa shape index (κ1) is 26.9. The third kappa shape index (κ3) is 4.90. The minimum Gasteiger partial charge on any atom is -0.383 e. The maximum atomic E-state index is 13.6. The van der Waals surface area contributed by atoms with Crippen molar-refractivity contribution in [2.24, 2.45) is 0 Å². The second-order valence-corrected chi connectivity index (χ2v) is 11.2. The third-order valence-electron chi connectivity index (χ3n) is 8.80. The Balaban J connectivity index is 1.19. The molecule has 11 heteroatoms. The lowest BCUT2D eigenvalue weighted by Gasteiger charge is -2.38. The highest BCUT2D eigenvalue weighted by molar-refractivity contribution is 6.00. The number of morpholine rings is 1. The highest BCUT2D eigenvalue weighted by Crippen LogP contribution is 2.38. The lowest BCUT2D eigenvalue weighted by Crippen LogP contribution is -2.45. The molecule has 4 heterocycles. The predicted octanol–water partition coefficient (Wildman–Crippen LogP) is 5.91. The van der Waals surface area contributed by atoms with E-state index in [9.17, 15) is 13.2 Å². The van der Waals surface area contributed by atoms with Gasteiger partial charge in [-0.05, 0) is 55.5 Å². The Labute approximate surface area is 240 Å². The van der Waals surface area contributed by atoms with Crippen molar-refractivity contribution in [1.29, 1.82) is 0 Å². The van der Waals surface area contributed by atoms with E-state index in [1.807, 2.05) is 39.7 Å². The van der Waals surface area contributed by atoms with Gasteiger partial charge in [0.15, 0.2) is 5.65 Å². The summed E-state index contributed by atoms with van der Waals surface area (Å²) in [5, 5.41) is 6.70. The van der Waals surface area contributed by atoms with E-state index < -0.39 is 11.7 Å². The summed E-state index contributed by atoms with van der Waals surface area (Å²) in [5.74, 6) is 0.379. The molecule has 42 heavy (non-hydrogen) atoms. The van der Waals surface area contributed by atoms with Gasteiger partial charge in [-0.2, -0.15) is 18.3 Å². The summed E-state index contributed by atoms with van der Waals surface area (Å²) in [4.78, 5) is 11.4. The van der Waals surface area contributed by atoms with Crippen LogP contribution in [-0.2, 0) is 17.5 Å². The van der Waals surface area contributed by atoms with Crippen LogP contribution < -0.4 is 5.73 Å². The molecule has 1 aliphatic carbocycles. The van der Waals surface area contributed by atoms with Crippen molar-refractivity contribution in [3.05, 3.63) is 72.2 Å². The molecule has 1 saturated carbocycles. The number of hydrogen-bond donors (Lipinski definition) is 1. The Bertz CT molecular complexity index is 1730. The molecule has 8 nitrogen and oxygen atoms in total. The minimum absolute atomic E-state index is 0.115. The molecule has 0 radical (unpaired) electrons. The molecule has 0 spiro atoms. The average Bonchev–Trinajstić information content (AvgIpc) is 3.60. The van der Waals surface area contributed by atoms with Gasteiger partial charge < -0.3 is 15.0 Å². The molecule has 3 aromatic heterocycles. The first-order chi connectivity index (χ1) is 20.4. The van der Waals surface area contributed by atoms with E-state index in [0.717, 1.165) is 91.2 Å². The van der Waals surface area contributed by atoms with Crippen LogP contribution in [0.2, 0.25) is 0 Å². The second-order valence-electron chi connectivity index (χ2n) is 11.2. The largest absolute Gasteiger partial charge is 0.416 e. The summed E-state index contributed by atoms with van der Waals surface area (Å²) in [6.07, 6.45) is 3.10. The van der Waals surface area contributed by atoms with Gasteiger partial charge in [-0.15, -0.1) is 0 Å². The maximum absolute atomic E-state index is 13.6. The number of aromatic nitrogens is 5. The molecule has 0 bridgehead atoms. The van der Waals surface area contributed by atoms with Gasteiger partial charge in [-0.3, -0.25) is 4.90 Å². The van der Waals surface area contributed by atoms with E-state index in [-0.39, 0.29) is 18.2 Å². The Hall–Kier alpha value is -3.96. The van der Waals surface area contributed by atoms with Crippen LogP contribution in [0.4, 0.5) is 19.0 Å². The standard InChI is InChI=1S/C31H32F3N7O/c32-31(33,34)25-4-2-1-3-22(25)18-40-12-11-20-17-21(5-10-26(20)40)28-27-29(35)36-19-37-30(27)41(38-28)24-8-6-23(7-9-24)39-13-15-42-16-14-39/h1-5,10-12,17,19,23-24H,6-9,13-16,18H2,(H2,35,36,37)/t23-,24-. The number of anilines is 1. The Morgan fingerprint density at radius 2 is 1.69 bits per heavy atom. The van der Waals surface area contributed by atoms with Gasteiger partial charge in [0.2, 0.25) is 0 Å². The number of rotatable bonds is 5. The topological polar surface area (TPSA) is 87.0 Å². The van der Waals surface area contributed by atoms with Crippen molar-refractivity contribution in [3.63, 3.8) is 0 Å². The normalized spacial score (nSPS) is 20.5. The molecular weight excluding hydrogens is 543 g/mol. The Morgan fingerprint density at radius 1 is 0.929 bits per heavy atom. The summed E-state index contributed by atoms with van der Waals surface area (Å²) in [6.45, 7) is 3.71. The highest BCUT2D eigenvalue weighted by atomic mass is 19.4. The Kier molecular flexibility index (Phi) is 6.86. The van der Waals surface area contributed by atoms with Gasteiger partial charge in [-0.25, -0.2) is 14.6 Å². The summed E-state index contributed by atoms with van der Waals surface area (Å²) in [6, 6.07) is 14.3. The van der Waals surface area contributed by atoms with Gasteiger partial charge in [0.1, 0.15) is 17.8 Å². The lowest BCUT2D eigenvalue weighted by atomic mass is 9.90. The zero-order valence-electron chi connectivity index (χ0n) is 23.1. The van der Waals surface area contributed by atoms with E-state index in [2.05, 4.69) is 14.9 Å². The number of halogens is 3. The van der Waals surface area contributed by atoms with Crippen molar-refractivity contribution < 1.29 is 17.9 Å². The van der Waals surface area contributed by atoms with Gasteiger partial charge in [-0.1, -0.05) is 24.3 Å². The number of hydrogen-bond acceptors (Lipinski definition) is 6. The van der Waals surface area contributed by atoms with Gasteiger partial charge in [0.05, 0.1) is 30.2 Å². The highest BCUT2D eigenvalue weighted by Gasteiger charge is 2.33. The first-order valence-corrected chi connectivity index (χ1v) is 14.4. The zero-order valence-corrected chi connectivity index (χ0v) is 23.1. The molecule has 2 fully saturated rings. The molecule has 1 aliphatic heterocycles. The molecule has 7 rings (SSSR count). The molecule has 2 N–H and O–H groups in total. The van der Waals surface area contributed by atoms with Crippen LogP contribution in [0.3, 0.4) is 0 Å². The number of nitrogen functional groups attached to an aromatic ring is 1. The summed E-state index contributed by atoms with van der Waals surface area (Å²) in [7, 11) is 0. The van der Waals surface area contributed by atoms with Crippen molar-refractivity contribution in [3.8, 4) is 11.3 Å². The summed E-state index contributed by atoms with van der Waals surface area (Å²) in [5.41, 5.74) is 9.15. The van der Waals surface area contributed by atoms with Gasteiger partial charge in [0, 0.05) is 48.3 Å². The van der Waals surface area contributed by atoms with Crippen LogP contribution in [0.5, 0.6) is 0 Å². The molecule has 0 unspecified atom stereocenters. The third-order valence-corrected chi connectivity index (χ3v) is 8.80. The number of fused-ring (bicyclic) bond motifs is 2. The van der Waals surface area contributed by atoms with Crippen LogP contribution in [-0.4, -0.2) is 61.6 Å². The number of nitrogens with two attached hydrogens (primary N) is 1. The molecule has 0 amide bonds. The minimum atomic E-state index is -4.41. The first-order valence-electron chi connectivity index (χ1n) is 14.4. The van der Waals surface area contributed by atoms with E-state index in [0.29, 0.717) is 11.9 Å². The maximum Gasteiger partial charge on any atom is 0.416 e. The van der Waals surface area contributed by atoms with Crippen LogP contribution in [0.25, 0.3) is 33.2 Å². The number of benzene rings is 2. The molecule has 2 aliphatic rings. The molecule has 5 aromatic rings. The molecule has 0 atom stereocenters. The fraction of sp³-hybridized carbons (Fsp3) is 0.387. The van der Waals surface area contributed by atoms with Crippen LogP contribution in [0.15, 0.2) is 61.1 Å². The number of alkyl halides is 3. The van der Waals surface area contributed by atoms with Gasteiger partial charge >= 0.3 is 6.18 Å². The van der Waals surface area contributed by atoms with Crippen molar-refractivity contribution in [1.82, 2.24) is 29.2 Å². The SMILES string of the molecule is Nc1ncnc2c1c(-c1ccc3c(ccn3Cc3ccccc3C(F)(F)F)c1)nn2[C@H]1CC[C@H](N2CCOCC2)CC1. The molecule has 1 saturated heterocycles. The molecule has 218 valence electrons. The van der Waals surface area contributed by atoms with Crippen molar-refractivity contribution in [2.45, 2.75) is 50.5 Å². The van der Waals surface area contributed by atoms with Crippen LogP contribution in [0, 0.1) is 0 Å². The summed E-state index contributed by atoms with van der Waals surface area (Å²) >= 11 is 0. The second kappa shape index (κ2) is 10.7. The lowest BCUT2D eigenvalue weighted by molar-refractivity contribution is -0.138. The fourth-order valence-electron chi connectivity index (χ4n) is 6.67. The van der Waals surface area contributed by atoms with E-state index >= 15 is 0 Å².